The van der Waals surface area contributed by atoms with Gasteiger partial charge >= 0.3 is 0 Å². The summed E-state index contributed by atoms with van der Waals surface area (Å²) in [5.74, 6) is 0.0251. The molecule has 0 saturated heterocycles. The Balaban J connectivity index is 3.48. The molecule has 1 atom stereocenters. The van der Waals surface area contributed by atoms with Crippen LogP contribution in [0.3, 0.4) is 0 Å². The predicted octanol–water partition coefficient (Wildman–Crippen LogP) is -0.938. The highest BCUT2D eigenvalue weighted by atomic mass is 16.5. The van der Waals surface area contributed by atoms with Gasteiger partial charge in [0.2, 0.25) is 5.91 Å². The predicted molar refractivity (Wildman–Crippen MR) is 54.1 cm³/mol. The smallest absolute Gasteiger partial charge is 0.236 e. The number of rotatable bonds is 7. The second-order valence-electron chi connectivity index (χ2n) is 3.15. The average molecular weight is 204 g/mol. The van der Waals surface area contributed by atoms with Crippen molar-refractivity contribution in [1.82, 2.24) is 10.2 Å². The monoisotopic (exact) mass is 204 g/mol. The Hall–Kier alpha value is -0.650. The third kappa shape index (κ3) is 5.90. The Morgan fingerprint density at radius 2 is 2.29 bits per heavy atom. The van der Waals surface area contributed by atoms with Gasteiger partial charge in [-0.05, 0) is 6.92 Å². The summed E-state index contributed by atoms with van der Waals surface area (Å²) in [4.78, 5) is 12.9. The lowest BCUT2D eigenvalue weighted by Gasteiger charge is -2.15. The van der Waals surface area contributed by atoms with E-state index < -0.39 is 6.10 Å². The minimum Gasteiger partial charge on any atom is -0.389 e. The minimum atomic E-state index is -0.556. The summed E-state index contributed by atoms with van der Waals surface area (Å²) in [6.07, 6.45) is -0.556. The number of nitrogens with zero attached hydrogens (tertiary/aromatic N) is 1. The first-order valence-electron chi connectivity index (χ1n) is 4.73. The van der Waals surface area contributed by atoms with Crippen LogP contribution in [0.15, 0.2) is 0 Å². The van der Waals surface area contributed by atoms with Crippen molar-refractivity contribution in [3.63, 3.8) is 0 Å². The van der Waals surface area contributed by atoms with Crippen LogP contribution in [0.4, 0.5) is 0 Å². The van der Waals surface area contributed by atoms with Gasteiger partial charge in [-0.2, -0.15) is 0 Å². The van der Waals surface area contributed by atoms with Gasteiger partial charge < -0.3 is 20.1 Å². The number of amides is 1. The van der Waals surface area contributed by atoms with Crippen molar-refractivity contribution in [3.05, 3.63) is 0 Å². The molecule has 0 aliphatic rings. The molecule has 5 heteroatoms. The van der Waals surface area contributed by atoms with E-state index in [2.05, 4.69) is 5.32 Å². The molecule has 0 spiro atoms. The highest BCUT2D eigenvalue weighted by Crippen LogP contribution is 1.84. The second-order valence-corrected chi connectivity index (χ2v) is 3.15. The molecule has 0 rings (SSSR count). The van der Waals surface area contributed by atoms with Gasteiger partial charge in [-0.25, -0.2) is 0 Å². The van der Waals surface area contributed by atoms with Crippen LogP contribution < -0.4 is 5.32 Å². The summed E-state index contributed by atoms with van der Waals surface area (Å²) in [5, 5.41) is 12.1. The van der Waals surface area contributed by atoms with Crippen molar-refractivity contribution >= 4 is 5.91 Å². The molecule has 1 amide bonds. The number of carbonyl (C=O) groups excluding carboxylic acids is 1. The summed E-state index contributed by atoms with van der Waals surface area (Å²) >= 11 is 0. The number of likely N-dealkylation sites (N-methyl/N-ethyl adjacent to an activating group) is 1. The zero-order valence-electron chi connectivity index (χ0n) is 9.12. The van der Waals surface area contributed by atoms with Gasteiger partial charge in [-0.1, -0.05) is 0 Å². The molecule has 0 radical (unpaired) electrons. The maximum atomic E-state index is 11.3. The van der Waals surface area contributed by atoms with Gasteiger partial charge in [0.25, 0.3) is 0 Å². The number of carbonyl (C=O) groups is 1. The molecule has 0 bridgehead atoms. The molecule has 2 N–H and O–H groups in total. The van der Waals surface area contributed by atoms with Crippen LogP contribution in [0.2, 0.25) is 0 Å². The molecule has 1 unspecified atom stereocenters. The molecule has 0 aliphatic heterocycles. The van der Waals surface area contributed by atoms with Crippen molar-refractivity contribution in [3.8, 4) is 0 Å². The molecular weight excluding hydrogens is 184 g/mol. The van der Waals surface area contributed by atoms with Gasteiger partial charge in [0.05, 0.1) is 19.3 Å². The molecule has 14 heavy (non-hydrogen) atoms. The molecule has 5 nitrogen and oxygen atoms in total. The lowest BCUT2D eigenvalue weighted by molar-refractivity contribution is -0.128. The normalized spacial score (nSPS) is 12.6. The van der Waals surface area contributed by atoms with Crippen LogP contribution in [0.1, 0.15) is 6.92 Å². The van der Waals surface area contributed by atoms with Crippen LogP contribution in [0, 0.1) is 0 Å². The van der Waals surface area contributed by atoms with E-state index in [1.54, 1.807) is 11.9 Å². The zero-order valence-corrected chi connectivity index (χ0v) is 9.12. The van der Waals surface area contributed by atoms with Crippen molar-refractivity contribution < 1.29 is 14.6 Å². The van der Waals surface area contributed by atoms with Crippen LogP contribution >= 0.6 is 0 Å². The Labute approximate surface area is 85.0 Å². The van der Waals surface area contributed by atoms with Crippen LogP contribution in [0.5, 0.6) is 0 Å². The molecule has 0 aliphatic carbocycles. The third-order valence-corrected chi connectivity index (χ3v) is 1.92. The number of aliphatic hydroxyl groups excluding tert-OH is 1. The fraction of sp³-hybridized carbons (Fsp3) is 0.889. The average Bonchev–Trinajstić information content (AvgIpc) is 2.16. The van der Waals surface area contributed by atoms with E-state index in [4.69, 9.17) is 4.74 Å². The molecule has 0 saturated carbocycles. The number of methoxy groups -OCH3 is 1. The first kappa shape index (κ1) is 13.4. The maximum Gasteiger partial charge on any atom is 0.236 e. The lowest BCUT2D eigenvalue weighted by Crippen LogP contribution is -2.39. The van der Waals surface area contributed by atoms with E-state index in [1.807, 2.05) is 6.92 Å². The summed E-state index contributed by atoms with van der Waals surface area (Å²) in [7, 11) is 3.27. The Kier molecular flexibility index (Phi) is 7.37. The summed E-state index contributed by atoms with van der Waals surface area (Å²) in [5.41, 5.74) is 0. The number of nitrogens with one attached hydrogen (secondary N) is 1. The van der Waals surface area contributed by atoms with Gasteiger partial charge in [-0.3, -0.25) is 4.79 Å². The number of aliphatic hydroxyl groups is 1. The van der Waals surface area contributed by atoms with E-state index in [0.717, 1.165) is 0 Å². The Morgan fingerprint density at radius 1 is 1.64 bits per heavy atom. The van der Waals surface area contributed by atoms with Crippen molar-refractivity contribution in [1.29, 1.82) is 0 Å². The standard InChI is InChI=1S/C9H20N2O3/c1-4-11(2)9(13)6-10-5-8(12)7-14-3/h8,10,12H,4-7H2,1-3H3. The Bertz CT molecular complexity index is 164. The maximum absolute atomic E-state index is 11.3. The lowest BCUT2D eigenvalue weighted by atomic mass is 10.3. The molecule has 0 heterocycles. The van der Waals surface area contributed by atoms with E-state index in [0.29, 0.717) is 13.1 Å². The van der Waals surface area contributed by atoms with E-state index >= 15 is 0 Å². The first-order valence-corrected chi connectivity index (χ1v) is 4.73. The van der Waals surface area contributed by atoms with E-state index in [-0.39, 0.29) is 19.1 Å². The third-order valence-electron chi connectivity index (χ3n) is 1.92. The zero-order chi connectivity index (χ0) is 11.0. The highest BCUT2D eigenvalue weighted by Gasteiger charge is 2.07. The van der Waals surface area contributed by atoms with Crippen LogP contribution in [0.25, 0.3) is 0 Å². The Morgan fingerprint density at radius 3 is 2.79 bits per heavy atom. The highest BCUT2D eigenvalue weighted by molar-refractivity contribution is 5.77. The topological polar surface area (TPSA) is 61.8 Å². The molecule has 0 aromatic heterocycles. The molecule has 0 fully saturated rings. The van der Waals surface area contributed by atoms with E-state index in [1.165, 1.54) is 7.11 Å². The van der Waals surface area contributed by atoms with Crippen molar-refractivity contribution in [2.75, 3.05) is 40.4 Å². The largest absolute Gasteiger partial charge is 0.389 e. The number of hydrogen-bond donors (Lipinski definition) is 2. The summed E-state index contributed by atoms with van der Waals surface area (Å²) in [6.45, 7) is 3.52. The van der Waals surface area contributed by atoms with Gasteiger partial charge in [0.1, 0.15) is 0 Å². The van der Waals surface area contributed by atoms with Gasteiger partial charge in [0.15, 0.2) is 0 Å². The molecule has 0 aromatic carbocycles. The quantitative estimate of drug-likeness (QED) is 0.562. The second kappa shape index (κ2) is 7.73. The summed E-state index contributed by atoms with van der Waals surface area (Å²) < 4.78 is 4.74. The van der Waals surface area contributed by atoms with E-state index in [9.17, 15) is 9.90 Å². The SMILES string of the molecule is CCN(C)C(=O)CNCC(O)COC. The summed E-state index contributed by atoms with van der Waals surface area (Å²) in [6, 6.07) is 0. The van der Waals surface area contributed by atoms with Crippen LogP contribution in [-0.4, -0.2) is 62.4 Å². The van der Waals surface area contributed by atoms with Gasteiger partial charge in [-0.15, -0.1) is 0 Å². The fourth-order valence-electron chi connectivity index (χ4n) is 0.908. The molecule has 84 valence electrons. The van der Waals surface area contributed by atoms with Gasteiger partial charge in [0, 0.05) is 27.2 Å². The number of ether oxygens (including phenoxy) is 1. The molecule has 0 aromatic rings. The van der Waals surface area contributed by atoms with Crippen LogP contribution in [-0.2, 0) is 9.53 Å². The first-order chi connectivity index (χ1) is 6.61. The van der Waals surface area contributed by atoms with Crippen molar-refractivity contribution in [2.45, 2.75) is 13.0 Å². The number of hydrogen-bond acceptors (Lipinski definition) is 4. The fourth-order valence-corrected chi connectivity index (χ4v) is 0.908. The molecular formula is C9H20N2O3. The minimum absolute atomic E-state index is 0.0251. The van der Waals surface area contributed by atoms with Crippen molar-refractivity contribution in [2.24, 2.45) is 0 Å².